The van der Waals surface area contributed by atoms with Crippen molar-refractivity contribution in [3.63, 3.8) is 0 Å². The monoisotopic (exact) mass is 382 g/mol. The van der Waals surface area contributed by atoms with Gasteiger partial charge in [0.15, 0.2) is 0 Å². The van der Waals surface area contributed by atoms with Crippen molar-refractivity contribution in [3.05, 3.63) is 22.1 Å². The Morgan fingerprint density at radius 1 is 1.14 bits per heavy atom. The molecule has 0 N–H and O–H groups in total. The highest BCUT2D eigenvalue weighted by Gasteiger charge is 2.39. The Bertz CT molecular complexity index is 561. The van der Waals surface area contributed by atoms with Crippen LogP contribution in [0.5, 0.6) is 17.2 Å². The minimum Gasteiger partial charge on any atom is -0.543 e. The molecule has 1 rings (SSSR count). The van der Waals surface area contributed by atoms with Crippen molar-refractivity contribution >= 4 is 38.2 Å². The smallest absolute Gasteiger partial charge is 0.250 e. The van der Waals surface area contributed by atoms with Gasteiger partial charge in [0.25, 0.3) is 8.32 Å². The largest absolute Gasteiger partial charge is 0.543 e. The maximum Gasteiger partial charge on any atom is 0.250 e. The van der Waals surface area contributed by atoms with Gasteiger partial charge < -0.3 is 13.9 Å². The number of halogens is 1. The molecule has 120 valence electrons. The minimum absolute atomic E-state index is 0.0875. The molecule has 0 fully saturated rings. The zero-order chi connectivity index (χ0) is 17.1. The molecule has 0 spiro atoms. The van der Waals surface area contributed by atoms with E-state index in [4.69, 9.17) is 21.7 Å². The average Bonchev–Trinajstić information content (AvgIpc) is 2.38. The van der Waals surface area contributed by atoms with Gasteiger partial charge in [-0.05, 0) is 24.2 Å². The van der Waals surface area contributed by atoms with Gasteiger partial charge in [0, 0.05) is 12.1 Å². The van der Waals surface area contributed by atoms with Gasteiger partial charge in [-0.25, -0.2) is 0 Å². The third-order valence-electron chi connectivity index (χ3n) is 3.99. The first kappa shape index (κ1) is 19.2. The quantitative estimate of drug-likeness (QED) is 0.674. The van der Waals surface area contributed by atoms with Crippen LogP contribution in [0.1, 0.15) is 26.3 Å². The molecular weight excluding hydrogens is 359 g/mol. The van der Waals surface area contributed by atoms with Gasteiger partial charge in [-0.1, -0.05) is 41.1 Å². The van der Waals surface area contributed by atoms with Crippen molar-refractivity contribution in [1.29, 1.82) is 0 Å². The third-order valence-corrected chi connectivity index (χ3v) is 8.56. The van der Waals surface area contributed by atoms with Crippen molar-refractivity contribution in [3.8, 4) is 17.2 Å². The van der Waals surface area contributed by atoms with Crippen LogP contribution < -0.4 is 13.9 Å². The van der Waals surface area contributed by atoms with Gasteiger partial charge in [0.05, 0.1) is 19.8 Å². The van der Waals surface area contributed by atoms with Crippen molar-refractivity contribution in [1.82, 2.24) is 0 Å². The first-order valence-electron chi connectivity index (χ1n) is 7.09. The summed E-state index contributed by atoms with van der Waals surface area (Å²) in [5.41, 5.74) is 0.808. The van der Waals surface area contributed by atoms with Crippen LogP contribution in [-0.2, 0) is 0 Å². The van der Waals surface area contributed by atoms with Crippen molar-refractivity contribution in [2.75, 3.05) is 14.2 Å². The lowest BCUT2D eigenvalue weighted by atomic mass is 10.1. The fraction of sp³-hybridized carbons (Fsp3) is 0.500. The molecule has 2 radical (unpaired) electrons. The van der Waals surface area contributed by atoms with E-state index in [0.29, 0.717) is 15.9 Å². The van der Waals surface area contributed by atoms with E-state index in [1.54, 1.807) is 20.3 Å². The summed E-state index contributed by atoms with van der Waals surface area (Å²) in [5.74, 6) is 2.08. The van der Waals surface area contributed by atoms with Crippen molar-refractivity contribution in [2.45, 2.75) is 38.9 Å². The van der Waals surface area contributed by atoms with E-state index in [2.05, 4.69) is 49.8 Å². The average molecular weight is 383 g/mol. The summed E-state index contributed by atoms with van der Waals surface area (Å²) in [4.78, 5) is 0. The molecule has 0 heterocycles. The minimum atomic E-state index is -2.00. The zero-order valence-corrected chi connectivity index (χ0v) is 17.0. The highest BCUT2D eigenvalue weighted by atomic mass is 79.9. The second-order valence-electron chi connectivity index (χ2n) is 6.63. The van der Waals surface area contributed by atoms with Gasteiger partial charge in [-0.3, -0.25) is 0 Å². The summed E-state index contributed by atoms with van der Waals surface area (Å²) in [5, 5.41) is 0.0875. The molecule has 22 heavy (non-hydrogen) atoms. The van der Waals surface area contributed by atoms with E-state index in [0.717, 1.165) is 11.3 Å². The summed E-state index contributed by atoms with van der Waals surface area (Å²) in [6, 6.07) is 3.70. The molecule has 0 aliphatic heterocycles. The lowest BCUT2D eigenvalue weighted by Crippen LogP contribution is -2.44. The second-order valence-corrected chi connectivity index (χ2v) is 12.3. The summed E-state index contributed by atoms with van der Waals surface area (Å²) in [6.45, 7) is 11.0. The molecule has 0 amide bonds. The van der Waals surface area contributed by atoms with E-state index in [1.165, 1.54) is 0 Å². The molecule has 6 heteroatoms. The number of hydrogen-bond acceptors (Lipinski definition) is 3. The lowest BCUT2D eigenvalue weighted by Gasteiger charge is -2.37. The summed E-state index contributed by atoms with van der Waals surface area (Å²) in [7, 11) is 7.03. The second kappa shape index (κ2) is 7.13. The number of benzene rings is 1. The van der Waals surface area contributed by atoms with Crippen LogP contribution in [0.15, 0.2) is 16.5 Å². The predicted octanol–water partition coefficient (Wildman–Crippen LogP) is 4.95. The van der Waals surface area contributed by atoms with Crippen LogP contribution in [0.25, 0.3) is 6.08 Å². The van der Waals surface area contributed by atoms with E-state index < -0.39 is 8.32 Å². The maximum atomic E-state index is 6.44. The number of methoxy groups -OCH3 is 2. The zero-order valence-electron chi connectivity index (χ0n) is 14.4. The Balaban J connectivity index is 3.47. The summed E-state index contributed by atoms with van der Waals surface area (Å²) >= 11 is 3.27. The normalized spacial score (nSPS) is 13.0. The predicted molar refractivity (Wildman–Crippen MR) is 100 cm³/mol. The molecule has 0 aromatic heterocycles. The molecule has 1 aromatic rings. The van der Waals surface area contributed by atoms with Gasteiger partial charge in [-0.2, -0.15) is 0 Å². The summed E-state index contributed by atoms with van der Waals surface area (Å²) in [6.07, 6.45) is 1.79. The Morgan fingerprint density at radius 2 is 1.68 bits per heavy atom. The fourth-order valence-corrected chi connectivity index (χ4v) is 2.91. The molecular formula is C16H24BBrO3Si. The fourth-order valence-electron chi connectivity index (χ4n) is 1.66. The van der Waals surface area contributed by atoms with E-state index in [9.17, 15) is 0 Å². The topological polar surface area (TPSA) is 27.7 Å². The Labute approximate surface area is 144 Å². The van der Waals surface area contributed by atoms with Gasteiger partial charge in [0.2, 0.25) is 0 Å². The molecule has 0 unspecified atom stereocenters. The molecule has 1 aromatic carbocycles. The Hall–Kier alpha value is -0.878. The standard InChI is InChI=1S/C16H24BBrO3Si/c1-16(2,3)22(6,7)21-14-9-11(19-4)8-13(20-5)12(14)10-15(17)18/h8-10H,1-7H3/b15-10-. The first-order valence-corrected chi connectivity index (χ1v) is 10.8. The molecule has 0 atom stereocenters. The van der Waals surface area contributed by atoms with Crippen LogP contribution in [0.3, 0.4) is 0 Å². The van der Waals surface area contributed by atoms with Crippen LogP contribution in [0.4, 0.5) is 0 Å². The molecule has 0 aliphatic carbocycles. The first-order chi connectivity index (χ1) is 10.0. The van der Waals surface area contributed by atoms with E-state index in [-0.39, 0.29) is 5.04 Å². The molecule has 0 saturated heterocycles. The molecule has 0 aliphatic rings. The van der Waals surface area contributed by atoms with Crippen LogP contribution in [0, 0.1) is 0 Å². The van der Waals surface area contributed by atoms with Crippen molar-refractivity contribution in [2.24, 2.45) is 0 Å². The van der Waals surface area contributed by atoms with Gasteiger partial charge in [-0.15, -0.1) is 0 Å². The van der Waals surface area contributed by atoms with Gasteiger partial charge >= 0.3 is 0 Å². The number of hydrogen-bond donors (Lipinski definition) is 0. The van der Waals surface area contributed by atoms with Crippen molar-refractivity contribution < 1.29 is 13.9 Å². The molecule has 0 saturated carbocycles. The highest BCUT2D eigenvalue weighted by molar-refractivity contribution is 9.12. The molecule has 0 bridgehead atoms. The van der Waals surface area contributed by atoms with E-state index >= 15 is 0 Å². The SMILES string of the molecule is [B]/C(Br)=C/c1c(OC)cc(OC)cc1O[Si](C)(C)C(C)(C)C. The van der Waals surface area contributed by atoms with Crippen LogP contribution in [-0.4, -0.2) is 30.4 Å². The van der Waals surface area contributed by atoms with Crippen LogP contribution >= 0.6 is 15.9 Å². The van der Waals surface area contributed by atoms with Crippen LogP contribution in [0.2, 0.25) is 18.1 Å². The summed E-state index contributed by atoms with van der Waals surface area (Å²) < 4.78 is 17.8. The molecule has 3 nitrogen and oxygen atoms in total. The highest BCUT2D eigenvalue weighted by Crippen LogP contribution is 2.42. The Kier molecular flexibility index (Phi) is 6.21. The maximum absolute atomic E-state index is 6.44. The lowest BCUT2D eigenvalue weighted by molar-refractivity contribution is 0.387. The third kappa shape index (κ3) is 4.56. The Morgan fingerprint density at radius 3 is 2.09 bits per heavy atom. The number of rotatable bonds is 5. The van der Waals surface area contributed by atoms with E-state index in [1.807, 2.05) is 12.1 Å². The number of ether oxygens (including phenoxy) is 2. The van der Waals surface area contributed by atoms with Gasteiger partial charge in [0.1, 0.15) is 25.1 Å².